The average Bonchev–Trinajstić information content (AvgIpc) is 2.78. The van der Waals surface area contributed by atoms with Gasteiger partial charge in [-0.1, -0.05) is 6.07 Å². The third-order valence-electron chi connectivity index (χ3n) is 4.44. The minimum atomic E-state index is -0.0219. The summed E-state index contributed by atoms with van der Waals surface area (Å²) in [7, 11) is 1.53. The van der Waals surface area contributed by atoms with Gasteiger partial charge >= 0.3 is 0 Å². The van der Waals surface area contributed by atoms with Crippen LogP contribution in [0.4, 0.5) is 0 Å². The Hall–Kier alpha value is -3.40. The van der Waals surface area contributed by atoms with Crippen LogP contribution >= 0.6 is 0 Å². The Morgan fingerprint density at radius 2 is 1.68 bits per heavy atom. The summed E-state index contributed by atoms with van der Waals surface area (Å²) in [5, 5.41) is 11.9. The molecule has 0 atom stereocenters. The van der Waals surface area contributed by atoms with E-state index in [-0.39, 0.29) is 5.91 Å². The van der Waals surface area contributed by atoms with Gasteiger partial charge in [-0.2, -0.15) is 5.26 Å². The van der Waals surface area contributed by atoms with Crippen LogP contribution in [0.2, 0.25) is 0 Å². The van der Waals surface area contributed by atoms with E-state index in [0.29, 0.717) is 62.7 Å². The molecule has 0 aromatic heterocycles. The van der Waals surface area contributed by atoms with Gasteiger partial charge in [0.2, 0.25) is 5.91 Å². The number of nitrogens with one attached hydrogen (secondary N) is 1. The number of benzene rings is 2. The number of nitriles is 1. The molecule has 0 aliphatic carbocycles. The van der Waals surface area contributed by atoms with E-state index in [1.165, 1.54) is 7.11 Å². The second-order valence-electron chi connectivity index (χ2n) is 6.68. The van der Waals surface area contributed by atoms with Crippen LogP contribution in [0.25, 0.3) is 0 Å². The lowest BCUT2D eigenvalue weighted by atomic mass is 10.1. The van der Waals surface area contributed by atoms with Crippen LogP contribution in [-0.2, 0) is 11.2 Å². The van der Waals surface area contributed by atoms with Gasteiger partial charge < -0.3 is 24.3 Å². The molecule has 2 rings (SSSR count). The molecule has 0 saturated heterocycles. The van der Waals surface area contributed by atoms with Crippen LogP contribution in [0, 0.1) is 11.3 Å². The largest absolute Gasteiger partial charge is 0.493 e. The molecule has 1 N–H and O–H groups in total. The van der Waals surface area contributed by atoms with E-state index in [1.807, 2.05) is 32.0 Å². The lowest BCUT2D eigenvalue weighted by Gasteiger charge is -2.13. The minimum Gasteiger partial charge on any atom is -0.493 e. The summed E-state index contributed by atoms with van der Waals surface area (Å²) in [6.07, 6.45) is 1.65. The fourth-order valence-corrected chi connectivity index (χ4v) is 2.96. The number of amides is 1. The zero-order valence-corrected chi connectivity index (χ0v) is 18.4. The van der Waals surface area contributed by atoms with Crippen LogP contribution < -0.4 is 24.3 Å². The fraction of sp³-hybridized carbons (Fsp3) is 0.417. The van der Waals surface area contributed by atoms with E-state index in [4.69, 9.17) is 24.2 Å². The second kappa shape index (κ2) is 13.0. The highest BCUT2D eigenvalue weighted by Crippen LogP contribution is 2.29. The summed E-state index contributed by atoms with van der Waals surface area (Å²) >= 11 is 0. The highest BCUT2D eigenvalue weighted by atomic mass is 16.5. The molecule has 0 spiro atoms. The molecule has 0 bridgehead atoms. The van der Waals surface area contributed by atoms with Crippen molar-refractivity contribution < 1.29 is 23.7 Å². The van der Waals surface area contributed by atoms with E-state index in [1.54, 1.807) is 18.2 Å². The van der Waals surface area contributed by atoms with Gasteiger partial charge in [-0.25, -0.2) is 0 Å². The molecular weight excluding hydrogens is 396 g/mol. The number of nitrogens with zero attached hydrogens (tertiary/aromatic N) is 1. The quantitative estimate of drug-likeness (QED) is 0.489. The van der Waals surface area contributed by atoms with Gasteiger partial charge in [0.1, 0.15) is 0 Å². The van der Waals surface area contributed by atoms with Crippen molar-refractivity contribution in [1.82, 2.24) is 5.32 Å². The predicted molar refractivity (Wildman–Crippen MR) is 118 cm³/mol. The molecule has 31 heavy (non-hydrogen) atoms. The van der Waals surface area contributed by atoms with Gasteiger partial charge in [0.15, 0.2) is 23.0 Å². The smallest absolute Gasteiger partial charge is 0.220 e. The maximum absolute atomic E-state index is 12.1. The fourth-order valence-electron chi connectivity index (χ4n) is 2.96. The Balaban J connectivity index is 1.72. The molecule has 166 valence electrons. The molecule has 2 aromatic carbocycles. The predicted octanol–water partition coefficient (Wildman–Crippen LogP) is 3.88. The van der Waals surface area contributed by atoms with Crippen LogP contribution in [0.1, 0.15) is 37.8 Å². The van der Waals surface area contributed by atoms with E-state index >= 15 is 0 Å². The average molecular weight is 427 g/mol. The van der Waals surface area contributed by atoms with Crippen molar-refractivity contribution >= 4 is 5.91 Å². The van der Waals surface area contributed by atoms with E-state index in [9.17, 15) is 4.79 Å². The molecule has 7 nitrogen and oxygen atoms in total. The number of hydrogen-bond donors (Lipinski definition) is 1. The number of carbonyl (C=O) groups excluding carboxylic acids is 1. The van der Waals surface area contributed by atoms with Gasteiger partial charge in [0.05, 0.1) is 38.6 Å². The second-order valence-corrected chi connectivity index (χ2v) is 6.68. The first kappa shape index (κ1) is 23.9. The zero-order valence-electron chi connectivity index (χ0n) is 18.4. The molecule has 0 fully saturated rings. The van der Waals surface area contributed by atoms with E-state index in [2.05, 4.69) is 11.4 Å². The summed E-state index contributed by atoms with van der Waals surface area (Å²) in [6.45, 7) is 5.94. The van der Waals surface area contributed by atoms with Crippen molar-refractivity contribution in [3.63, 3.8) is 0 Å². The molecular formula is C24H30N2O5. The third-order valence-corrected chi connectivity index (χ3v) is 4.44. The Morgan fingerprint density at radius 3 is 2.39 bits per heavy atom. The molecule has 0 aliphatic rings. The van der Waals surface area contributed by atoms with Crippen molar-refractivity contribution in [2.45, 2.75) is 33.1 Å². The van der Waals surface area contributed by atoms with Crippen molar-refractivity contribution in [2.24, 2.45) is 0 Å². The first-order valence-corrected chi connectivity index (χ1v) is 10.5. The molecule has 0 heterocycles. The minimum absolute atomic E-state index is 0.0219. The third kappa shape index (κ3) is 7.74. The summed E-state index contributed by atoms with van der Waals surface area (Å²) in [5.74, 6) is 2.50. The van der Waals surface area contributed by atoms with E-state index in [0.717, 1.165) is 17.1 Å². The number of rotatable bonds is 13. The normalized spacial score (nSPS) is 10.1. The summed E-state index contributed by atoms with van der Waals surface area (Å²) < 4.78 is 22.1. The van der Waals surface area contributed by atoms with Crippen molar-refractivity contribution in [2.75, 3.05) is 33.5 Å². The van der Waals surface area contributed by atoms with Crippen LogP contribution in [-0.4, -0.2) is 39.4 Å². The zero-order chi connectivity index (χ0) is 22.5. The van der Waals surface area contributed by atoms with Gasteiger partial charge in [0.25, 0.3) is 0 Å². The summed E-state index contributed by atoms with van der Waals surface area (Å²) in [4.78, 5) is 12.1. The molecule has 0 unspecified atom stereocenters. The van der Waals surface area contributed by atoms with E-state index < -0.39 is 0 Å². The lowest BCUT2D eigenvalue weighted by molar-refractivity contribution is -0.121. The van der Waals surface area contributed by atoms with Crippen LogP contribution in [0.3, 0.4) is 0 Å². The van der Waals surface area contributed by atoms with Crippen molar-refractivity contribution in [1.29, 1.82) is 5.26 Å². The van der Waals surface area contributed by atoms with Gasteiger partial charge in [-0.15, -0.1) is 0 Å². The molecule has 1 amide bonds. The topological polar surface area (TPSA) is 89.8 Å². The number of carbonyl (C=O) groups is 1. The highest BCUT2D eigenvalue weighted by molar-refractivity contribution is 5.75. The maximum Gasteiger partial charge on any atom is 0.220 e. The Bertz CT molecular complexity index is 892. The maximum atomic E-state index is 12.1. The van der Waals surface area contributed by atoms with Gasteiger partial charge in [0, 0.05) is 19.0 Å². The molecule has 0 radical (unpaired) electrons. The molecule has 7 heteroatoms. The SMILES string of the molecule is CCOc1ccc(CCNC(=O)CCCOc2ccc(C#N)cc2OC)cc1OCC. The Kier molecular flexibility index (Phi) is 10.0. The van der Waals surface area contributed by atoms with Gasteiger partial charge in [-0.3, -0.25) is 4.79 Å². The van der Waals surface area contributed by atoms with Crippen LogP contribution in [0.15, 0.2) is 36.4 Å². The highest BCUT2D eigenvalue weighted by Gasteiger charge is 2.08. The first-order valence-electron chi connectivity index (χ1n) is 10.5. The first-order chi connectivity index (χ1) is 15.1. The summed E-state index contributed by atoms with van der Waals surface area (Å²) in [6, 6.07) is 12.9. The van der Waals surface area contributed by atoms with Crippen molar-refractivity contribution in [3.05, 3.63) is 47.5 Å². The van der Waals surface area contributed by atoms with Crippen molar-refractivity contribution in [3.8, 4) is 29.1 Å². The number of hydrogen-bond acceptors (Lipinski definition) is 6. The summed E-state index contributed by atoms with van der Waals surface area (Å²) in [5.41, 5.74) is 1.58. The Morgan fingerprint density at radius 1 is 0.968 bits per heavy atom. The monoisotopic (exact) mass is 426 g/mol. The lowest BCUT2D eigenvalue weighted by Crippen LogP contribution is -2.25. The van der Waals surface area contributed by atoms with Gasteiger partial charge in [-0.05, 0) is 56.5 Å². The number of ether oxygens (including phenoxy) is 4. The molecule has 0 saturated carbocycles. The molecule has 0 aliphatic heterocycles. The molecule has 2 aromatic rings. The standard InChI is InChI=1S/C24H30N2O5/c1-4-29-21-10-8-18(15-23(21)30-5-2)12-13-26-24(27)7-6-14-31-20-11-9-19(17-25)16-22(20)28-3/h8-11,15-16H,4-7,12-14H2,1-3H3,(H,26,27). The number of methoxy groups -OCH3 is 1. The van der Waals surface area contributed by atoms with Crippen LogP contribution in [0.5, 0.6) is 23.0 Å². The Labute approximate surface area is 183 Å².